The minimum absolute atomic E-state index is 0.188. The lowest BCUT2D eigenvalue weighted by Gasteiger charge is -2.00. The molecule has 1 aromatic carbocycles. The van der Waals surface area contributed by atoms with Gasteiger partial charge in [0, 0.05) is 5.39 Å². The molecule has 0 aliphatic carbocycles. The van der Waals surface area contributed by atoms with Crippen LogP contribution in [0, 0.1) is 0 Å². The van der Waals surface area contributed by atoms with Crippen molar-refractivity contribution in [3.63, 3.8) is 0 Å². The van der Waals surface area contributed by atoms with Crippen molar-refractivity contribution in [3.8, 4) is 5.75 Å². The van der Waals surface area contributed by atoms with E-state index in [1.807, 2.05) is 42.5 Å². The number of benzene rings is 1. The summed E-state index contributed by atoms with van der Waals surface area (Å²) in [6, 6.07) is 12.9. The number of hydrogen-bond donors (Lipinski definition) is 1. The topological polar surface area (TPSA) is 46.3 Å². The predicted molar refractivity (Wildman–Crippen MR) is 78.7 cm³/mol. The molecular formula is C15H10BrNO2. The van der Waals surface area contributed by atoms with Crippen LogP contribution in [-0.4, -0.2) is 10.1 Å². The number of phenolic OH excluding ortho intramolecular Hbond substituents is 1. The number of halogens is 1. The maximum atomic E-state index is 9.77. The Morgan fingerprint density at radius 2 is 1.95 bits per heavy atom. The average Bonchev–Trinajstić information content (AvgIpc) is 2.83. The number of aromatic hydroxyl groups is 1. The smallest absolute Gasteiger partial charge is 0.169 e. The molecule has 19 heavy (non-hydrogen) atoms. The normalized spacial score (nSPS) is 11.4. The molecule has 3 rings (SSSR count). The molecule has 0 unspecified atom stereocenters. The number of para-hydroxylation sites is 1. The quantitative estimate of drug-likeness (QED) is 0.759. The van der Waals surface area contributed by atoms with E-state index >= 15 is 0 Å². The van der Waals surface area contributed by atoms with Crippen LogP contribution in [-0.2, 0) is 0 Å². The molecule has 0 amide bonds. The van der Waals surface area contributed by atoms with Crippen molar-refractivity contribution in [1.29, 1.82) is 0 Å². The van der Waals surface area contributed by atoms with Gasteiger partial charge in [0.25, 0.3) is 0 Å². The second-order valence-corrected chi connectivity index (χ2v) is 4.84. The lowest BCUT2D eigenvalue weighted by Crippen LogP contribution is -1.83. The van der Waals surface area contributed by atoms with Crippen LogP contribution in [0.5, 0.6) is 5.75 Å². The van der Waals surface area contributed by atoms with Crippen molar-refractivity contribution in [1.82, 2.24) is 4.98 Å². The Kier molecular flexibility index (Phi) is 3.09. The minimum atomic E-state index is 0.188. The van der Waals surface area contributed by atoms with E-state index in [0.717, 1.165) is 16.8 Å². The van der Waals surface area contributed by atoms with Gasteiger partial charge in [0.05, 0.1) is 5.69 Å². The first-order valence-corrected chi connectivity index (χ1v) is 6.54. The van der Waals surface area contributed by atoms with Crippen molar-refractivity contribution in [2.45, 2.75) is 0 Å². The fraction of sp³-hybridized carbons (Fsp3) is 0. The van der Waals surface area contributed by atoms with Crippen LogP contribution < -0.4 is 0 Å². The fourth-order valence-electron chi connectivity index (χ4n) is 1.82. The van der Waals surface area contributed by atoms with E-state index in [-0.39, 0.29) is 5.75 Å². The van der Waals surface area contributed by atoms with Gasteiger partial charge in [-0.1, -0.05) is 18.2 Å². The molecule has 0 atom stereocenters. The van der Waals surface area contributed by atoms with Crippen molar-refractivity contribution in [2.75, 3.05) is 0 Å². The SMILES string of the molecule is Oc1cccc2ccc(/C=C/c3ccc(Br)o3)nc12. The first-order valence-electron chi connectivity index (χ1n) is 5.74. The highest BCUT2D eigenvalue weighted by molar-refractivity contribution is 9.10. The first kappa shape index (κ1) is 12.0. The van der Waals surface area contributed by atoms with Gasteiger partial charge >= 0.3 is 0 Å². The van der Waals surface area contributed by atoms with E-state index in [2.05, 4.69) is 20.9 Å². The molecule has 3 aromatic rings. The van der Waals surface area contributed by atoms with Gasteiger partial charge in [-0.15, -0.1) is 0 Å². The Bertz CT molecular complexity index is 762. The zero-order valence-corrected chi connectivity index (χ0v) is 11.5. The van der Waals surface area contributed by atoms with E-state index in [4.69, 9.17) is 4.42 Å². The first-order chi connectivity index (χ1) is 9.22. The van der Waals surface area contributed by atoms with Crippen LogP contribution in [0.3, 0.4) is 0 Å². The number of furan rings is 1. The summed E-state index contributed by atoms with van der Waals surface area (Å²) in [6.45, 7) is 0. The van der Waals surface area contributed by atoms with E-state index < -0.39 is 0 Å². The molecule has 0 radical (unpaired) electrons. The Morgan fingerprint density at radius 1 is 1.05 bits per heavy atom. The molecule has 0 saturated heterocycles. The summed E-state index contributed by atoms with van der Waals surface area (Å²) in [5.74, 6) is 0.930. The molecular weight excluding hydrogens is 306 g/mol. The molecule has 94 valence electrons. The van der Waals surface area contributed by atoms with Crippen molar-refractivity contribution < 1.29 is 9.52 Å². The fourth-order valence-corrected chi connectivity index (χ4v) is 2.14. The second kappa shape index (κ2) is 4.90. The van der Waals surface area contributed by atoms with E-state index in [0.29, 0.717) is 10.2 Å². The minimum Gasteiger partial charge on any atom is -0.506 e. The summed E-state index contributed by atoms with van der Waals surface area (Å²) in [7, 11) is 0. The van der Waals surface area contributed by atoms with Crippen LogP contribution in [0.1, 0.15) is 11.5 Å². The zero-order valence-electron chi connectivity index (χ0n) is 9.88. The molecule has 0 spiro atoms. The number of hydrogen-bond acceptors (Lipinski definition) is 3. The Hall–Kier alpha value is -2.07. The monoisotopic (exact) mass is 315 g/mol. The van der Waals surface area contributed by atoms with E-state index in [1.165, 1.54) is 0 Å². The number of nitrogens with zero attached hydrogens (tertiary/aromatic N) is 1. The Morgan fingerprint density at radius 3 is 2.74 bits per heavy atom. The predicted octanol–water partition coefficient (Wildman–Crippen LogP) is 4.47. The van der Waals surface area contributed by atoms with Gasteiger partial charge in [-0.2, -0.15) is 0 Å². The maximum absolute atomic E-state index is 9.77. The van der Waals surface area contributed by atoms with Crippen molar-refractivity contribution >= 4 is 39.0 Å². The molecule has 2 aromatic heterocycles. The van der Waals surface area contributed by atoms with Gasteiger partial charge in [-0.25, -0.2) is 4.98 Å². The van der Waals surface area contributed by atoms with Gasteiger partial charge in [-0.05, 0) is 52.3 Å². The van der Waals surface area contributed by atoms with Crippen LogP contribution >= 0.6 is 15.9 Å². The summed E-state index contributed by atoms with van der Waals surface area (Å²) in [5.41, 5.74) is 1.37. The van der Waals surface area contributed by atoms with Crippen LogP contribution in [0.15, 0.2) is 51.6 Å². The molecule has 0 fully saturated rings. The lowest BCUT2D eigenvalue weighted by atomic mass is 10.2. The summed E-state index contributed by atoms with van der Waals surface area (Å²) in [5, 5.41) is 10.7. The summed E-state index contributed by atoms with van der Waals surface area (Å²) >= 11 is 3.25. The van der Waals surface area contributed by atoms with E-state index in [9.17, 15) is 5.11 Å². The zero-order chi connectivity index (χ0) is 13.2. The average molecular weight is 316 g/mol. The van der Waals surface area contributed by atoms with Gasteiger partial charge < -0.3 is 9.52 Å². The molecule has 2 heterocycles. The molecule has 4 heteroatoms. The lowest BCUT2D eigenvalue weighted by molar-refractivity contribution is 0.480. The Labute approximate surface area is 118 Å². The molecule has 1 N–H and O–H groups in total. The highest BCUT2D eigenvalue weighted by atomic mass is 79.9. The van der Waals surface area contributed by atoms with Gasteiger partial charge in [-0.3, -0.25) is 0 Å². The summed E-state index contributed by atoms with van der Waals surface area (Å²) in [4.78, 5) is 4.41. The number of phenols is 1. The number of aromatic nitrogens is 1. The molecule has 0 aliphatic rings. The molecule has 0 bridgehead atoms. The molecule has 0 aliphatic heterocycles. The number of pyridine rings is 1. The summed E-state index contributed by atoms with van der Waals surface area (Å²) in [6.07, 6.45) is 3.68. The van der Waals surface area contributed by atoms with Crippen LogP contribution in [0.4, 0.5) is 0 Å². The van der Waals surface area contributed by atoms with Crippen molar-refractivity contribution in [3.05, 3.63) is 58.6 Å². The van der Waals surface area contributed by atoms with Gasteiger partial charge in [0.1, 0.15) is 17.0 Å². The van der Waals surface area contributed by atoms with E-state index in [1.54, 1.807) is 12.1 Å². The highest BCUT2D eigenvalue weighted by Crippen LogP contribution is 2.23. The Balaban J connectivity index is 1.97. The molecule has 3 nitrogen and oxygen atoms in total. The largest absolute Gasteiger partial charge is 0.506 e. The standard InChI is InChI=1S/C15H10BrNO2/c16-14-9-8-12(19-14)7-6-11-5-4-10-2-1-3-13(18)15(10)17-11/h1-9,18H/b7-6+. The van der Waals surface area contributed by atoms with Crippen LogP contribution in [0.2, 0.25) is 0 Å². The summed E-state index contributed by atoms with van der Waals surface area (Å²) < 4.78 is 6.06. The number of rotatable bonds is 2. The van der Waals surface area contributed by atoms with Crippen molar-refractivity contribution in [2.24, 2.45) is 0 Å². The highest BCUT2D eigenvalue weighted by Gasteiger charge is 2.01. The van der Waals surface area contributed by atoms with Gasteiger partial charge in [0.2, 0.25) is 0 Å². The molecule has 0 saturated carbocycles. The third-order valence-electron chi connectivity index (χ3n) is 2.73. The third kappa shape index (κ3) is 2.53. The second-order valence-electron chi connectivity index (χ2n) is 4.06. The third-order valence-corrected chi connectivity index (χ3v) is 3.16. The van der Waals surface area contributed by atoms with Gasteiger partial charge in [0.15, 0.2) is 4.67 Å². The number of fused-ring (bicyclic) bond motifs is 1. The maximum Gasteiger partial charge on any atom is 0.169 e. The van der Waals surface area contributed by atoms with Crippen LogP contribution in [0.25, 0.3) is 23.1 Å².